The molecule has 1 heterocycles. The van der Waals surface area contributed by atoms with Gasteiger partial charge in [0.25, 0.3) is 5.91 Å². The van der Waals surface area contributed by atoms with Crippen molar-refractivity contribution in [2.75, 3.05) is 4.90 Å². The van der Waals surface area contributed by atoms with Gasteiger partial charge < -0.3 is 4.90 Å². The summed E-state index contributed by atoms with van der Waals surface area (Å²) in [6, 6.07) is 12.4. The summed E-state index contributed by atoms with van der Waals surface area (Å²) >= 11 is 0. The molecule has 0 aromatic heterocycles. The minimum atomic E-state index is -0.244. The number of rotatable bonds is 1. The lowest BCUT2D eigenvalue weighted by atomic mass is 9.95. The Morgan fingerprint density at radius 2 is 2.05 bits per heavy atom. The third kappa shape index (κ3) is 2.56. The van der Waals surface area contributed by atoms with E-state index in [0.29, 0.717) is 5.56 Å². The Morgan fingerprint density at radius 1 is 1.24 bits per heavy atom. The van der Waals surface area contributed by atoms with Crippen molar-refractivity contribution in [3.05, 3.63) is 65.0 Å². The van der Waals surface area contributed by atoms with Crippen LogP contribution in [0.2, 0.25) is 0 Å². The minimum absolute atomic E-state index is 0.0150. The van der Waals surface area contributed by atoms with Crippen molar-refractivity contribution in [1.82, 2.24) is 0 Å². The van der Waals surface area contributed by atoms with Crippen molar-refractivity contribution < 1.29 is 9.18 Å². The van der Waals surface area contributed by atoms with E-state index in [0.717, 1.165) is 29.7 Å². The van der Waals surface area contributed by atoms with E-state index in [4.69, 9.17) is 0 Å². The Kier molecular flexibility index (Phi) is 3.50. The molecule has 1 amide bonds. The Labute approximate surface area is 124 Å². The summed E-state index contributed by atoms with van der Waals surface area (Å²) < 4.78 is 13.4. The molecule has 0 saturated heterocycles. The first-order valence-electron chi connectivity index (χ1n) is 7.25. The fourth-order valence-electron chi connectivity index (χ4n) is 2.95. The lowest BCUT2D eigenvalue weighted by Gasteiger charge is -2.35. The maximum Gasteiger partial charge on any atom is 0.258 e. The number of fused-ring (bicyclic) bond motifs is 1. The van der Waals surface area contributed by atoms with Gasteiger partial charge in [0.15, 0.2) is 0 Å². The van der Waals surface area contributed by atoms with Crippen LogP contribution in [0.3, 0.4) is 0 Å². The van der Waals surface area contributed by atoms with Crippen LogP contribution < -0.4 is 4.90 Å². The Morgan fingerprint density at radius 3 is 2.81 bits per heavy atom. The third-order valence-corrected chi connectivity index (χ3v) is 4.06. The van der Waals surface area contributed by atoms with E-state index in [1.54, 1.807) is 11.0 Å². The molecule has 2 nitrogen and oxygen atoms in total. The van der Waals surface area contributed by atoms with E-state index in [2.05, 4.69) is 0 Å². The minimum Gasteiger partial charge on any atom is -0.305 e. The van der Waals surface area contributed by atoms with Crippen LogP contribution in [0.5, 0.6) is 0 Å². The molecule has 1 aliphatic heterocycles. The van der Waals surface area contributed by atoms with Crippen molar-refractivity contribution in [3.63, 3.8) is 0 Å². The number of carbonyl (C=O) groups excluding carboxylic acids is 1. The predicted octanol–water partition coefficient (Wildman–Crippen LogP) is 4.12. The van der Waals surface area contributed by atoms with Gasteiger partial charge in [0, 0.05) is 17.3 Å². The molecule has 0 bridgehead atoms. The SMILES string of the molecule is Cc1cccc(C(=O)N2c3ccc(F)cc3CC[C@H]2C)c1. The van der Waals surface area contributed by atoms with Gasteiger partial charge in [0.2, 0.25) is 0 Å². The maximum atomic E-state index is 13.4. The Hall–Kier alpha value is -2.16. The number of nitrogens with zero attached hydrogens (tertiary/aromatic N) is 1. The number of amides is 1. The van der Waals surface area contributed by atoms with Gasteiger partial charge in [-0.3, -0.25) is 4.79 Å². The molecule has 0 aliphatic carbocycles. The third-order valence-electron chi connectivity index (χ3n) is 4.06. The van der Waals surface area contributed by atoms with E-state index in [1.165, 1.54) is 12.1 Å². The zero-order chi connectivity index (χ0) is 15.0. The van der Waals surface area contributed by atoms with E-state index < -0.39 is 0 Å². The second kappa shape index (κ2) is 5.32. The molecule has 1 atom stereocenters. The van der Waals surface area contributed by atoms with Gasteiger partial charge in [-0.2, -0.15) is 0 Å². The molecule has 0 spiro atoms. The highest BCUT2D eigenvalue weighted by atomic mass is 19.1. The molecular formula is C18H18FNO. The van der Waals surface area contributed by atoms with Crippen LogP contribution in [-0.4, -0.2) is 11.9 Å². The van der Waals surface area contributed by atoms with Gasteiger partial charge in [-0.25, -0.2) is 4.39 Å². The molecule has 3 rings (SSSR count). The summed E-state index contributed by atoms with van der Waals surface area (Å²) in [4.78, 5) is 14.6. The number of carbonyl (C=O) groups is 1. The van der Waals surface area contributed by atoms with Crippen molar-refractivity contribution in [2.45, 2.75) is 32.7 Å². The first kappa shape index (κ1) is 13.8. The Balaban J connectivity index is 2.03. The molecule has 0 radical (unpaired) electrons. The number of anilines is 1. The number of hydrogen-bond acceptors (Lipinski definition) is 1. The molecule has 108 valence electrons. The lowest BCUT2D eigenvalue weighted by molar-refractivity contribution is 0.0975. The van der Waals surface area contributed by atoms with Gasteiger partial charge in [-0.05, 0) is 62.6 Å². The van der Waals surface area contributed by atoms with Crippen molar-refractivity contribution >= 4 is 11.6 Å². The number of benzene rings is 2. The second-order valence-electron chi connectivity index (χ2n) is 5.71. The van der Waals surface area contributed by atoms with E-state index in [1.807, 2.05) is 38.1 Å². The lowest BCUT2D eigenvalue weighted by Crippen LogP contribution is -2.42. The normalized spacial score (nSPS) is 17.5. The highest BCUT2D eigenvalue weighted by Gasteiger charge is 2.29. The monoisotopic (exact) mass is 283 g/mol. The molecule has 0 fully saturated rings. The largest absolute Gasteiger partial charge is 0.305 e. The summed E-state index contributed by atoms with van der Waals surface area (Å²) in [6.45, 7) is 4.01. The second-order valence-corrected chi connectivity index (χ2v) is 5.71. The fraction of sp³-hybridized carbons (Fsp3) is 0.278. The van der Waals surface area contributed by atoms with Crippen LogP contribution >= 0.6 is 0 Å². The summed E-state index contributed by atoms with van der Waals surface area (Å²) in [5.41, 5.74) is 3.49. The average Bonchev–Trinajstić information content (AvgIpc) is 2.47. The molecule has 3 heteroatoms. The van der Waals surface area contributed by atoms with Crippen molar-refractivity contribution in [1.29, 1.82) is 0 Å². The summed E-state index contributed by atoms with van der Waals surface area (Å²) in [6.07, 6.45) is 1.67. The van der Waals surface area contributed by atoms with Gasteiger partial charge in [0.1, 0.15) is 5.82 Å². The molecular weight excluding hydrogens is 265 g/mol. The molecule has 1 aliphatic rings. The summed E-state index contributed by atoms with van der Waals surface area (Å²) in [5.74, 6) is -0.259. The number of aryl methyl sites for hydroxylation is 2. The Bertz CT molecular complexity index is 695. The van der Waals surface area contributed by atoms with Crippen molar-refractivity contribution in [2.24, 2.45) is 0 Å². The zero-order valence-corrected chi connectivity index (χ0v) is 12.3. The summed E-state index contributed by atoms with van der Waals surface area (Å²) in [5, 5.41) is 0. The topological polar surface area (TPSA) is 20.3 Å². The first-order valence-corrected chi connectivity index (χ1v) is 7.25. The number of halogens is 1. The quantitative estimate of drug-likeness (QED) is 0.771. The first-order chi connectivity index (χ1) is 10.1. The molecule has 0 unspecified atom stereocenters. The highest BCUT2D eigenvalue weighted by molar-refractivity contribution is 6.07. The van der Waals surface area contributed by atoms with Gasteiger partial charge in [-0.15, -0.1) is 0 Å². The summed E-state index contributed by atoms with van der Waals surface area (Å²) in [7, 11) is 0. The van der Waals surface area contributed by atoms with E-state index in [-0.39, 0.29) is 17.8 Å². The standard InChI is InChI=1S/C18H18FNO/c1-12-4-3-5-15(10-12)18(21)20-13(2)6-7-14-11-16(19)8-9-17(14)20/h3-5,8-11,13H,6-7H2,1-2H3/t13-/m1/s1. The number of hydrogen-bond donors (Lipinski definition) is 0. The molecule has 0 N–H and O–H groups in total. The zero-order valence-electron chi connectivity index (χ0n) is 12.3. The van der Waals surface area contributed by atoms with Crippen LogP contribution in [-0.2, 0) is 6.42 Å². The van der Waals surface area contributed by atoms with Gasteiger partial charge in [0.05, 0.1) is 0 Å². The molecule has 0 saturated carbocycles. The van der Waals surface area contributed by atoms with Crippen LogP contribution in [0, 0.1) is 12.7 Å². The smallest absolute Gasteiger partial charge is 0.258 e. The van der Waals surface area contributed by atoms with Gasteiger partial charge in [-0.1, -0.05) is 17.7 Å². The van der Waals surface area contributed by atoms with Crippen LogP contribution in [0.4, 0.5) is 10.1 Å². The molecule has 21 heavy (non-hydrogen) atoms. The van der Waals surface area contributed by atoms with E-state index >= 15 is 0 Å². The average molecular weight is 283 g/mol. The van der Waals surface area contributed by atoms with Crippen LogP contribution in [0.15, 0.2) is 42.5 Å². The highest BCUT2D eigenvalue weighted by Crippen LogP contribution is 2.32. The van der Waals surface area contributed by atoms with E-state index in [9.17, 15) is 9.18 Å². The predicted molar refractivity (Wildman–Crippen MR) is 82.2 cm³/mol. The van der Waals surface area contributed by atoms with Crippen LogP contribution in [0.25, 0.3) is 0 Å². The molecule has 2 aromatic rings. The maximum absolute atomic E-state index is 13.4. The molecule has 2 aromatic carbocycles. The van der Waals surface area contributed by atoms with Crippen LogP contribution in [0.1, 0.15) is 34.8 Å². The van der Waals surface area contributed by atoms with Crippen molar-refractivity contribution in [3.8, 4) is 0 Å². The van der Waals surface area contributed by atoms with Gasteiger partial charge >= 0.3 is 0 Å². The fourth-order valence-corrected chi connectivity index (χ4v) is 2.95.